The largest absolute Gasteiger partial charge is 0.421 e. The maximum atomic E-state index is 12.9. The number of hydrogen-bond donors (Lipinski definition) is 2. The molecule has 0 saturated carbocycles. The molecule has 11 heteroatoms. The van der Waals surface area contributed by atoms with Crippen LogP contribution in [0.15, 0.2) is 31.0 Å². The maximum Gasteiger partial charge on any atom is 0.421 e. The van der Waals surface area contributed by atoms with Gasteiger partial charge >= 0.3 is 6.18 Å². The Hall–Kier alpha value is -3.24. The number of anilines is 3. The van der Waals surface area contributed by atoms with E-state index in [-0.39, 0.29) is 11.8 Å². The quantitative estimate of drug-likeness (QED) is 0.719. The number of halogens is 3. The molecular weight excluding hydrogens is 349 g/mol. The van der Waals surface area contributed by atoms with Crippen LogP contribution in [0.3, 0.4) is 0 Å². The Bertz CT molecular complexity index is 892. The minimum atomic E-state index is -4.53. The van der Waals surface area contributed by atoms with E-state index < -0.39 is 11.7 Å². The lowest BCUT2D eigenvalue weighted by Crippen LogP contribution is -2.12. The van der Waals surface area contributed by atoms with Gasteiger partial charge in [-0.05, 0) is 6.92 Å². The van der Waals surface area contributed by atoms with Gasteiger partial charge in [0, 0.05) is 25.6 Å². The van der Waals surface area contributed by atoms with Gasteiger partial charge in [0.15, 0.2) is 0 Å². The molecule has 2 N–H and O–H groups in total. The highest BCUT2D eigenvalue weighted by Gasteiger charge is 2.35. The summed E-state index contributed by atoms with van der Waals surface area (Å²) < 4.78 is 40.4. The van der Waals surface area contributed by atoms with Crippen molar-refractivity contribution in [1.29, 1.82) is 0 Å². The van der Waals surface area contributed by atoms with E-state index in [4.69, 9.17) is 0 Å². The molecule has 0 spiro atoms. The summed E-state index contributed by atoms with van der Waals surface area (Å²) in [5.41, 5.74) is 1.13. The molecule has 26 heavy (non-hydrogen) atoms. The third-order valence-electron chi connectivity index (χ3n) is 3.61. The zero-order valence-corrected chi connectivity index (χ0v) is 13.9. The van der Waals surface area contributed by atoms with Gasteiger partial charge in [0.1, 0.15) is 11.4 Å². The molecule has 0 aromatic carbocycles. The van der Waals surface area contributed by atoms with Crippen molar-refractivity contribution < 1.29 is 13.2 Å². The molecule has 0 aliphatic heterocycles. The number of hydrogen-bond acceptors (Lipinski definition) is 7. The molecule has 3 rings (SSSR count). The van der Waals surface area contributed by atoms with E-state index in [9.17, 15) is 13.2 Å². The first kappa shape index (κ1) is 17.6. The molecule has 0 amide bonds. The third kappa shape index (κ3) is 3.71. The molecule has 0 aliphatic carbocycles. The predicted octanol–water partition coefficient (Wildman–Crippen LogP) is 2.62. The topological polar surface area (TPSA) is 93.4 Å². The van der Waals surface area contributed by atoms with Gasteiger partial charge in [-0.1, -0.05) is 0 Å². The van der Waals surface area contributed by atoms with E-state index >= 15 is 0 Å². The van der Waals surface area contributed by atoms with Gasteiger partial charge in [0.25, 0.3) is 0 Å². The second kappa shape index (κ2) is 6.94. The normalized spacial score (nSPS) is 11.4. The molecule has 0 bridgehead atoms. The smallest absolute Gasteiger partial charge is 0.372 e. The van der Waals surface area contributed by atoms with Crippen molar-refractivity contribution in [3.8, 4) is 0 Å². The van der Waals surface area contributed by atoms with Crippen molar-refractivity contribution in [2.75, 3.05) is 17.7 Å². The fraction of sp³-hybridized carbons (Fsp3) is 0.267. The Labute approximate surface area is 146 Å². The molecule has 0 aliphatic rings. The zero-order valence-electron chi connectivity index (χ0n) is 13.9. The molecule has 0 fully saturated rings. The van der Waals surface area contributed by atoms with Crippen molar-refractivity contribution >= 4 is 17.5 Å². The summed E-state index contributed by atoms with van der Waals surface area (Å²) >= 11 is 0. The van der Waals surface area contributed by atoms with Crippen LogP contribution in [0.4, 0.5) is 30.6 Å². The first-order valence-corrected chi connectivity index (χ1v) is 7.55. The lowest BCUT2D eigenvalue weighted by Gasteiger charge is -2.12. The van der Waals surface area contributed by atoms with Gasteiger partial charge in [0.2, 0.25) is 5.95 Å². The summed E-state index contributed by atoms with van der Waals surface area (Å²) in [5.74, 6) is -0.274. The van der Waals surface area contributed by atoms with Crippen molar-refractivity contribution in [3.05, 3.63) is 47.9 Å². The van der Waals surface area contributed by atoms with Crippen LogP contribution in [0.2, 0.25) is 0 Å². The Kier molecular flexibility index (Phi) is 4.69. The monoisotopic (exact) mass is 364 g/mol. The van der Waals surface area contributed by atoms with Crippen molar-refractivity contribution in [1.82, 2.24) is 29.7 Å². The Morgan fingerprint density at radius 3 is 2.58 bits per heavy atom. The van der Waals surface area contributed by atoms with Crippen molar-refractivity contribution in [2.24, 2.45) is 0 Å². The summed E-state index contributed by atoms with van der Waals surface area (Å²) in [5, 5.41) is 9.56. The second-order valence-electron chi connectivity index (χ2n) is 5.33. The molecule has 3 heterocycles. The first-order chi connectivity index (χ1) is 12.4. The molecule has 0 atom stereocenters. The zero-order chi connectivity index (χ0) is 18.7. The molecule has 0 unspecified atom stereocenters. The van der Waals surface area contributed by atoms with Gasteiger partial charge in [-0.3, -0.25) is 14.6 Å². The van der Waals surface area contributed by atoms with Gasteiger partial charge in [-0.15, -0.1) is 0 Å². The van der Waals surface area contributed by atoms with Crippen LogP contribution in [-0.2, 0) is 12.7 Å². The Balaban J connectivity index is 1.81. The highest BCUT2D eigenvalue weighted by Crippen LogP contribution is 2.33. The number of nitrogens with zero attached hydrogens (tertiary/aromatic N) is 6. The van der Waals surface area contributed by atoms with E-state index in [1.165, 1.54) is 7.05 Å². The maximum absolute atomic E-state index is 12.9. The first-order valence-electron chi connectivity index (χ1n) is 7.55. The fourth-order valence-corrected chi connectivity index (χ4v) is 2.25. The molecular formula is C15H15F3N8. The Morgan fingerprint density at radius 1 is 1.12 bits per heavy atom. The molecule has 0 radical (unpaired) electrons. The Morgan fingerprint density at radius 2 is 1.92 bits per heavy atom. The lowest BCUT2D eigenvalue weighted by atomic mass is 10.3. The number of alkyl halides is 3. The molecule has 8 nitrogen and oxygen atoms in total. The summed E-state index contributed by atoms with van der Waals surface area (Å²) in [6.45, 7) is 2.23. The number of aromatic nitrogens is 6. The third-order valence-corrected chi connectivity index (χ3v) is 3.61. The van der Waals surface area contributed by atoms with E-state index in [0.29, 0.717) is 12.2 Å². The van der Waals surface area contributed by atoms with Crippen molar-refractivity contribution in [2.45, 2.75) is 19.6 Å². The summed E-state index contributed by atoms with van der Waals surface area (Å²) in [6, 6.07) is 0. The van der Waals surface area contributed by atoms with Gasteiger partial charge in [-0.2, -0.15) is 23.3 Å². The SMILES string of the molecule is CNc1nc(Nc2cnn(Cc3cnccn3)c2C)ncc1C(F)(F)F. The van der Waals surface area contributed by atoms with Gasteiger partial charge < -0.3 is 10.6 Å². The van der Waals surface area contributed by atoms with Crippen LogP contribution in [0, 0.1) is 6.92 Å². The molecule has 3 aromatic heterocycles. The summed E-state index contributed by atoms with van der Waals surface area (Å²) in [7, 11) is 1.37. The number of nitrogens with one attached hydrogen (secondary N) is 2. The van der Waals surface area contributed by atoms with Crippen molar-refractivity contribution in [3.63, 3.8) is 0 Å². The highest BCUT2D eigenvalue weighted by molar-refractivity contribution is 5.58. The van der Waals surface area contributed by atoms with Crippen LogP contribution in [-0.4, -0.2) is 36.8 Å². The lowest BCUT2D eigenvalue weighted by molar-refractivity contribution is -0.137. The van der Waals surface area contributed by atoms with Crippen LogP contribution in [0.1, 0.15) is 17.0 Å². The molecule has 0 saturated heterocycles. The second-order valence-corrected chi connectivity index (χ2v) is 5.33. The van der Waals surface area contributed by atoms with Crippen LogP contribution in [0.5, 0.6) is 0 Å². The van der Waals surface area contributed by atoms with E-state index in [0.717, 1.165) is 17.6 Å². The van der Waals surface area contributed by atoms with Gasteiger partial charge in [0.05, 0.1) is 36.0 Å². The summed E-state index contributed by atoms with van der Waals surface area (Å²) in [4.78, 5) is 15.8. The van der Waals surface area contributed by atoms with Crippen LogP contribution < -0.4 is 10.6 Å². The van der Waals surface area contributed by atoms with E-state index in [1.807, 2.05) is 6.92 Å². The van der Waals surface area contributed by atoms with Crippen LogP contribution >= 0.6 is 0 Å². The van der Waals surface area contributed by atoms with Gasteiger partial charge in [-0.25, -0.2) is 4.98 Å². The fourth-order valence-electron chi connectivity index (χ4n) is 2.25. The molecule has 136 valence electrons. The van der Waals surface area contributed by atoms with E-state index in [1.54, 1.807) is 29.5 Å². The minimum absolute atomic E-state index is 0.0319. The highest BCUT2D eigenvalue weighted by atomic mass is 19.4. The van der Waals surface area contributed by atoms with E-state index in [2.05, 4.69) is 35.7 Å². The van der Waals surface area contributed by atoms with Crippen LogP contribution in [0.25, 0.3) is 0 Å². The standard InChI is InChI=1S/C15H15F3N8/c1-9-12(7-23-26(9)8-10-5-20-3-4-21-10)24-14-22-6-11(15(16,17)18)13(19-2)25-14/h3-7H,8H2,1-2H3,(H2,19,22,24,25). The average molecular weight is 364 g/mol. The number of rotatable bonds is 5. The minimum Gasteiger partial charge on any atom is -0.372 e. The molecule has 3 aromatic rings. The summed E-state index contributed by atoms with van der Waals surface area (Å²) in [6.07, 6.45) is 2.55. The predicted molar refractivity (Wildman–Crippen MR) is 88.0 cm³/mol. The average Bonchev–Trinajstić information content (AvgIpc) is 2.95.